The Morgan fingerprint density at radius 2 is 1.86 bits per heavy atom. The second-order valence-corrected chi connectivity index (χ2v) is 7.61. The molecule has 1 heterocycles. The molecule has 0 atom stereocenters. The van der Waals surface area contributed by atoms with Gasteiger partial charge in [-0.1, -0.05) is 18.7 Å². The van der Waals surface area contributed by atoms with Crippen molar-refractivity contribution in [2.45, 2.75) is 25.4 Å². The van der Waals surface area contributed by atoms with E-state index in [2.05, 4.69) is 27.2 Å². The summed E-state index contributed by atoms with van der Waals surface area (Å²) >= 11 is 0. The Balaban J connectivity index is 1.85. The molecule has 1 aromatic heterocycles. The zero-order valence-corrected chi connectivity index (χ0v) is 18.9. The maximum absolute atomic E-state index is 13.6. The van der Waals surface area contributed by atoms with Crippen molar-refractivity contribution >= 4 is 29.0 Å². The summed E-state index contributed by atoms with van der Waals surface area (Å²) in [7, 11) is 0. The first-order valence-corrected chi connectivity index (χ1v) is 10.7. The fourth-order valence-corrected chi connectivity index (χ4v) is 3.35. The smallest absolute Gasteiger partial charge is 0.366 e. The molecule has 0 aliphatic carbocycles. The number of carbonyl (C=O) groups excluding carboxylic acids is 2. The van der Waals surface area contributed by atoms with Crippen LogP contribution in [0.1, 0.15) is 39.3 Å². The second kappa shape index (κ2) is 11.1. The van der Waals surface area contributed by atoms with Crippen LogP contribution in [0.2, 0.25) is 0 Å². The van der Waals surface area contributed by atoms with Gasteiger partial charge >= 0.3 is 6.18 Å². The van der Waals surface area contributed by atoms with E-state index in [9.17, 15) is 28.0 Å². The number of benzene rings is 2. The van der Waals surface area contributed by atoms with Crippen molar-refractivity contribution in [2.24, 2.45) is 5.73 Å². The fourth-order valence-electron chi connectivity index (χ4n) is 3.35. The molecule has 0 aliphatic rings. The number of nitrogens with two attached hydrogens (primary N) is 1. The summed E-state index contributed by atoms with van der Waals surface area (Å²) in [6.07, 6.45) is -2.03. The summed E-state index contributed by atoms with van der Waals surface area (Å²) in [6, 6.07) is 12.7. The lowest BCUT2D eigenvalue weighted by molar-refractivity contribution is -0.137. The van der Waals surface area contributed by atoms with Gasteiger partial charge in [0.2, 0.25) is 11.8 Å². The van der Waals surface area contributed by atoms with Gasteiger partial charge in [0.1, 0.15) is 17.2 Å². The number of para-hydroxylation sites is 2. The molecule has 0 aliphatic heterocycles. The van der Waals surface area contributed by atoms with E-state index in [0.717, 1.165) is 6.08 Å². The minimum atomic E-state index is -4.73. The van der Waals surface area contributed by atoms with Gasteiger partial charge in [-0.2, -0.15) is 18.4 Å². The number of rotatable bonds is 9. The first kappa shape index (κ1) is 25.9. The lowest BCUT2D eigenvalue weighted by atomic mass is 9.99. The minimum absolute atomic E-state index is 0.141. The predicted molar refractivity (Wildman–Crippen MR) is 127 cm³/mol. The average molecular weight is 494 g/mol. The number of nitriles is 1. The van der Waals surface area contributed by atoms with Gasteiger partial charge in [-0.25, -0.2) is 9.97 Å². The van der Waals surface area contributed by atoms with E-state index in [-0.39, 0.29) is 29.2 Å². The summed E-state index contributed by atoms with van der Waals surface area (Å²) in [5, 5.41) is 14.5. The molecule has 0 fully saturated rings. The van der Waals surface area contributed by atoms with Gasteiger partial charge in [0, 0.05) is 18.2 Å². The topological polar surface area (TPSA) is 134 Å². The van der Waals surface area contributed by atoms with Gasteiger partial charge in [0.15, 0.2) is 0 Å². The molecular formula is C25H21F3N6O2. The highest BCUT2D eigenvalue weighted by Crippen LogP contribution is 2.36. The Morgan fingerprint density at radius 1 is 1.14 bits per heavy atom. The molecule has 11 heteroatoms. The molecule has 0 spiro atoms. The molecule has 0 bridgehead atoms. The van der Waals surface area contributed by atoms with E-state index in [1.54, 1.807) is 12.1 Å². The molecule has 184 valence electrons. The standard InChI is InChI=1S/C25H21F3N6O2/c1-2-22(35)32-19-7-3-4-8-20(19)33-24-18(25(26,27)28)14-31-21(34-24)9-5-6-15-12-16(23(30)36)10-11-17(15)13-29/h2-4,7-8,10-12,14H,1,5-6,9H2,(H2,30,36)(H,32,35)(H,31,33,34). The Kier molecular flexibility index (Phi) is 8.01. The highest BCUT2D eigenvalue weighted by Gasteiger charge is 2.35. The zero-order chi connectivity index (χ0) is 26.3. The Morgan fingerprint density at radius 3 is 2.50 bits per heavy atom. The van der Waals surface area contributed by atoms with Gasteiger partial charge in [-0.3, -0.25) is 9.59 Å². The predicted octanol–water partition coefficient (Wildman–Crippen LogP) is 4.51. The third-order valence-corrected chi connectivity index (χ3v) is 5.12. The number of carbonyl (C=O) groups is 2. The van der Waals surface area contributed by atoms with Crippen molar-refractivity contribution < 1.29 is 22.8 Å². The molecule has 0 radical (unpaired) electrons. The molecule has 2 aromatic carbocycles. The summed E-state index contributed by atoms with van der Waals surface area (Å²) in [5.74, 6) is -1.49. The largest absolute Gasteiger partial charge is 0.421 e. The molecule has 0 saturated carbocycles. The second-order valence-electron chi connectivity index (χ2n) is 7.61. The van der Waals surface area contributed by atoms with Crippen LogP contribution in [0.3, 0.4) is 0 Å². The van der Waals surface area contributed by atoms with E-state index in [4.69, 9.17) is 5.73 Å². The van der Waals surface area contributed by atoms with E-state index in [0.29, 0.717) is 30.2 Å². The summed E-state index contributed by atoms with van der Waals surface area (Å²) in [6.45, 7) is 3.36. The quantitative estimate of drug-likeness (QED) is 0.375. The Hall–Kier alpha value is -4.72. The molecular weight excluding hydrogens is 473 g/mol. The van der Waals surface area contributed by atoms with Crippen LogP contribution in [0.4, 0.5) is 30.4 Å². The number of primary amides is 1. The van der Waals surface area contributed by atoms with Crippen LogP contribution in [0.5, 0.6) is 0 Å². The highest BCUT2D eigenvalue weighted by atomic mass is 19.4. The molecule has 36 heavy (non-hydrogen) atoms. The highest BCUT2D eigenvalue weighted by molar-refractivity contribution is 6.01. The van der Waals surface area contributed by atoms with Crippen molar-refractivity contribution in [1.82, 2.24) is 9.97 Å². The third-order valence-electron chi connectivity index (χ3n) is 5.12. The normalized spacial score (nSPS) is 10.8. The van der Waals surface area contributed by atoms with Crippen molar-refractivity contribution in [3.05, 3.63) is 89.4 Å². The summed E-state index contributed by atoms with van der Waals surface area (Å²) in [4.78, 5) is 31.1. The van der Waals surface area contributed by atoms with Crippen LogP contribution in [0.25, 0.3) is 0 Å². The Bertz CT molecular complexity index is 1350. The molecule has 0 saturated heterocycles. The van der Waals surface area contributed by atoms with Gasteiger partial charge in [-0.05, 0) is 54.8 Å². The molecule has 3 rings (SSSR count). The van der Waals surface area contributed by atoms with Gasteiger partial charge < -0.3 is 16.4 Å². The first-order valence-electron chi connectivity index (χ1n) is 10.7. The number of amides is 2. The zero-order valence-electron chi connectivity index (χ0n) is 18.9. The molecule has 3 aromatic rings. The maximum Gasteiger partial charge on any atom is 0.421 e. The lowest BCUT2D eigenvalue weighted by Crippen LogP contribution is -2.14. The number of hydrogen-bond donors (Lipinski definition) is 3. The number of alkyl halides is 3. The molecule has 2 amide bonds. The maximum atomic E-state index is 13.6. The van der Waals surface area contributed by atoms with Crippen LogP contribution < -0.4 is 16.4 Å². The number of aromatic nitrogens is 2. The summed E-state index contributed by atoms with van der Waals surface area (Å²) < 4.78 is 40.9. The Labute approximate surface area is 204 Å². The van der Waals surface area contributed by atoms with Crippen LogP contribution in [-0.2, 0) is 23.8 Å². The monoisotopic (exact) mass is 494 g/mol. The van der Waals surface area contributed by atoms with E-state index < -0.39 is 29.4 Å². The van der Waals surface area contributed by atoms with Crippen molar-refractivity contribution in [3.8, 4) is 6.07 Å². The molecule has 4 N–H and O–H groups in total. The number of anilines is 3. The first-order chi connectivity index (χ1) is 17.1. The fraction of sp³-hybridized carbons (Fsp3) is 0.160. The summed E-state index contributed by atoms with van der Waals surface area (Å²) in [5.41, 5.74) is 5.88. The van der Waals surface area contributed by atoms with E-state index in [1.165, 1.54) is 30.3 Å². The number of aryl methyl sites for hydroxylation is 2. The number of hydrogen-bond acceptors (Lipinski definition) is 6. The lowest BCUT2D eigenvalue weighted by Gasteiger charge is -2.16. The third kappa shape index (κ3) is 6.44. The van der Waals surface area contributed by atoms with E-state index in [1.807, 2.05) is 6.07 Å². The van der Waals surface area contributed by atoms with Crippen LogP contribution >= 0.6 is 0 Å². The van der Waals surface area contributed by atoms with Crippen LogP contribution in [0, 0.1) is 11.3 Å². The van der Waals surface area contributed by atoms with Crippen molar-refractivity contribution in [2.75, 3.05) is 10.6 Å². The van der Waals surface area contributed by atoms with Gasteiger partial charge in [-0.15, -0.1) is 0 Å². The number of nitrogens with one attached hydrogen (secondary N) is 2. The van der Waals surface area contributed by atoms with Gasteiger partial charge in [0.05, 0.1) is 23.0 Å². The average Bonchev–Trinajstić information content (AvgIpc) is 2.84. The SMILES string of the molecule is C=CC(=O)Nc1ccccc1Nc1nc(CCCc2cc(C(N)=O)ccc2C#N)ncc1C(F)(F)F. The molecule has 8 nitrogen and oxygen atoms in total. The van der Waals surface area contributed by atoms with Crippen LogP contribution in [0.15, 0.2) is 61.3 Å². The van der Waals surface area contributed by atoms with Crippen molar-refractivity contribution in [1.29, 1.82) is 5.26 Å². The van der Waals surface area contributed by atoms with Crippen LogP contribution in [-0.4, -0.2) is 21.8 Å². The van der Waals surface area contributed by atoms with Gasteiger partial charge in [0.25, 0.3) is 0 Å². The van der Waals surface area contributed by atoms with E-state index >= 15 is 0 Å². The number of halogens is 3. The van der Waals surface area contributed by atoms with Crippen molar-refractivity contribution in [3.63, 3.8) is 0 Å². The minimum Gasteiger partial charge on any atom is -0.366 e. The number of nitrogens with zero attached hydrogens (tertiary/aromatic N) is 3. The molecule has 0 unspecified atom stereocenters.